The molecule has 24 heavy (non-hydrogen) atoms. The first kappa shape index (κ1) is 16.1. The molecule has 6 nitrogen and oxygen atoms in total. The van der Waals surface area contributed by atoms with E-state index in [0.29, 0.717) is 32.0 Å². The highest BCUT2D eigenvalue weighted by Gasteiger charge is 2.18. The van der Waals surface area contributed by atoms with Crippen LogP contribution in [-0.4, -0.2) is 47.5 Å². The van der Waals surface area contributed by atoms with Crippen molar-refractivity contribution in [2.75, 3.05) is 36.4 Å². The first-order chi connectivity index (χ1) is 11.5. The van der Waals surface area contributed by atoms with Crippen molar-refractivity contribution in [3.63, 3.8) is 0 Å². The number of carbonyl (C=O) groups is 1. The molecule has 1 aliphatic heterocycles. The lowest BCUT2D eigenvalue weighted by atomic mass is 10.3. The molecule has 126 valence electrons. The third kappa shape index (κ3) is 3.58. The monoisotopic (exact) mass is 333 g/mol. The number of carbonyl (C=O) groups excluding carboxylic acids is 1. The number of aryl methyl sites for hydroxylation is 1. The van der Waals surface area contributed by atoms with Gasteiger partial charge >= 0.3 is 0 Å². The molecule has 1 amide bonds. The van der Waals surface area contributed by atoms with Crippen molar-refractivity contribution in [2.24, 2.45) is 0 Å². The fourth-order valence-electron chi connectivity index (χ4n) is 2.54. The highest BCUT2D eigenvalue weighted by Crippen LogP contribution is 2.21. The van der Waals surface area contributed by atoms with Gasteiger partial charge in [-0.1, -0.05) is 0 Å². The van der Waals surface area contributed by atoms with Gasteiger partial charge in [-0.05, 0) is 19.1 Å². The summed E-state index contributed by atoms with van der Waals surface area (Å²) in [5, 5.41) is 2.78. The number of benzene rings is 1. The highest BCUT2D eigenvalue weighted by atomic mass is 19.1. The summed E-state index contributed by atoms with van der Waals surface area (Å²) < 4.78 is 26.8. The number of nitrogens with zero attached hydrogens (tertiary/aromatic N) is 4. The summed E-state index contributed by atoms with van der Waals surface area (Å²) in [7, 11) is 0. The van der Waals surface area contributed by atoms with Gasteiger partial charge in [-0.25, -0.2) is 13.8 Å². The second-order valence-electron chi connectivity index (χ2n) is 5.57. The van der Waals surface area contributed by atoms with Crippen LogP contribution in [0.2, 0.25) is 0 Å². The molecule has 0 radical (unpaired) electrons. The fraction of sp³-hybridized carbons (Fsp3) is 0.312. The van der Waals surface area contributed by atoms with Gasteiger partial charge < -0.3 is 15.1 Å². The zero-order valence-electron chi connectivity index (χ0n) is 13.2. The number of halogens is 2. The summed E-state index contributed by atoms with van der Waals surface area (Å²) in [5.41, 5.74) is 0.835. The van der Waals surface area contributed by atoms with Crippen LogP contribution < -0.4 is 10.2 Å². The van der Waals surface area contributed by atoms with Crippen molar-refractivity contribution >= 4 is 23.9 Å². The maximum atomic E-state index is 13.8. The smallest absolute Gasteiger partial charge is 0.229 e. The maximum Gasteiger partial charge on any atom is 0.229 e. The third-order valence-corrected chi connectivity index (χ3v) is 3.81. The van der Waals surface area contributed by atoms with Crippen LogP contribution in [0.4, 0.5) is 26.2 Å². The lowest BCUT2D eigenvalue weighted by molar-refractivity contribution is -0.118. The number of aromatic nitrogens is 2. The average molecular weight is 333 g/mol. The van der Waals surface area contributed by atoms with Gasteiger partial charge in [-0.2, -0.15) is 4.98 Å². The topological polar surface area (TPSA) is 61.4 Å². The van der Waals surface area contributed by atoms with Gasteiger partial charge in [0.25, 0.3) is 0 Å². The minimum absolute atomic E-state index is 0.110. The SMILES string of the molecule is Cc1cc(N2CCN(C=O)CC2)nc(Nc2ccc(F)cc2F)n1. The van der Waals surface area contributed by atoms with Crippen LogP contribution in [0, 0.1) is 18.6 Å². The zero-order valence-corrected chi connectivity index (χ0v) is 13.2. The molecule has 0 unspecified atom stereocenters. The van der Waals surface area contributed by atoms with Gasteiger partial charge in [0.1, 0.15) is 17.5 Å². The lowest BCUT2D eigenvalue weighted by Crippen LogP contribution is -2.46. The van der Waals surface area contributed by atoms with Gasteiger partial charge in [0, 0.05) is 44.0 Å². The number of hydrogen-bond acceptors (Lipinski definition) is 5. The lowest BCUT2D eigenvalue weighted by Gasteiger charge is -2.33. The molecule has 2 aromatic rings. The summed E-state index contributed by atoms with van der Waals surface area (Å²) in [6.45, 7) is 4.40. The molecule has 1 aliphatic rings. The Morgan fingerprint density at radius 2 is 1.88 bits per heavy atom. The number of nitrogens with one attached hydrogen (secondary N) is 1. The van der Waals surface area contributed by atoms with Crippen molar-refractivity contribution in [3.8, 4) is 0 Å². The molecule has 0 saturated carbocycles. The summed E-state index contributed by atoms with van der Waals surface area (Å²) in [4.78, 5) is 23.2. The van der Waals surface area contributed by atoms with E-state index in [1.807, 2.05) is 17.9 Å². The maximum absolute atomic E-state index is 13.8. The normalized spacial score (nSPS) is 14.6. The molecular formula is C16H17F2N5O. The van der Waals surface area contributed by atoms with Crippen LogP contribution in [0.15, 0.2) is 24.3 Å². The molecular weight excluding hydrogens is 316 g/mol. The summed E-state index contributed by atoms with van der Waals surface area (Å²) >= 11 is 0. The molecule has 1 N–H and O–H groups in total. The molecule has 3 rings (SSSR count). The number of anilines is 3. The minimum Gasteiger partial charge on any atom is -0.353 e. The standard InChI is InChI=1S/C16H17F2N5O/c1-11-8-15(23-6-4-22(10-24)5-7-23)21-16(19-11)20-14-3-2-12(17)9-13(14)18/h2-3,8-10H,4-7H2,1H3,(H,19,20,21). The quantitative estimate of drug-likeness (QED) is 0.868. The molecule has 1 fully saturated rings. The number of hydrogen-bond donors (Lipinski definition) is 1. The first-order valence-corrected chi connectivity index (χ1v) is 7.57. The Hall–Kier alpha value is -2.77. The fourth-order valence-corrected chi connectivity index (χ4v) is 2.54. The van der Waals surface area contributed by atoms with Crippen LogP contribution in [0.5, 0.6) is 0 Å². The largest absolute Gasteiger partial charge is 0.353 e. The van der Waals surface area contributed by atoms with E-state index in [4.69, 9.17) is 0 Å². The van der Waals surface area contributed by atoms with E-state index in [-0.39, 0.29) is 11.6 Å². The predicted octanol–water partition coefficient (Wildman–Crippen LogP) is 2.09. The second kappa shape index (κ2) is 6.77. The molecule has 8 heteroatoms. The van der Waals surface area contributed by atoms with Gasteiger partial charge in [0.05, 0.1) is 5.69 Å². The van der Waals surface area contributed by atoms with E-state index in [0.717, 1.165) is 18.2 Å². The Kier molecular flexibility index (Phi) is 4.54. The molecule has 0 bridgehead atoms. The van der Waals surface area contributed by atoms with E-state index < -0.39 is 11.6 Å². The van der Waals surface area contributed by atoms with Crippen LogP contribution >= 0.6 is 0 Å². The van der Waals surface area contributed by atoms with E-state index in [1.165, 1.54) is 12.1 Å². The van der Waals surface area contributed by atoms with Crippen LogP contribution in [-0.2, 0) is 4.79 Å². The summed E-state index contributed by atoms with van der Waals surface area (Å²) in [5.74, 6) is -0.399. The molecule has 2 heterocycles. The van der Waals surface area contributed by atoms with Crippen molar-refractivity contribution in [3.05, 3.63) is 41.6 Å². The van der Waals surface area contributed by atoms with Crippen molar-refractivity contribution in [1.29, 1.82) is 0 Å². The van der Waals surface area contributed by atoms with E-state index >= 15 is 0 Å². The number of rotatable bonds is 4. The molecule has 1 saturated heterocycles. The predicted molar refractivity (Wildman–Crippen MR) is 86.3 cm³/mol. The van der Waals surface area contributed by atoms with Gasteiger partial charge in [-0.3, -0.25) is 4.79 Å². The Bertz CT molecular complexity index is 747. The second-order valence-corrected chi connectivity index (χ2v) is 5.57. The Balaban J connectivity index is 1.80. The number of piperazine rings is 1. The van der Waals surface area contributed by atoms with Gasteiger partial charge in [0.15, 0.2) is 0 Å². The first-order valence-electron chi connectivity index (χ1n) is 7.57. The van der Waals surface area contributed by atoms with Crippen LogP contribution in [0.1, 0.15) is 5.69 Å². The average Bonchev–Trinajstić information content (AvgIpc) is 2.57. The molecule has 1 aromatic heterocycles. The third-order valence-electron chi connectivity index (χ3n) is 3.81. The molecule has 0 spiro atoms. The van der Waals surface area contributed by atoms with E-state index in [1.54, 1.807) is 4.90 Å². The van der Waals surface area contributed by atoms with Crippen molar-refractivity contribution in [1.82, 2.24) is 14.9 Å². The molecule has 0 aliphatic carbocycles. The highest BCUT2D eigenvalue weighted by molar-refractivity contribution is 5.57. The number of amides is 1. The van der Waals surface area contributed by atoms with Crippen molar-refractivity contribution in [2.45, 2.75) is 6.92 Å². The zero-order chi connectivity index (χ0) is 17.1. The van der Waals surface area contributed by atoms with Crippen molar-refractivity contribution < 1.29 is 13.6 Å². The van der Waals surface area contributed by atoms with E-state index in [2.05, 4.69) is 15.3 Å². The molecule has 1 aromatic carbocycles. The Morgan fingerprint density at radius 1 is 1.12 bits per heavy atom. The molecule has 0 atom stereocenters. The van der Waals surface area contributed by atoms with Gasteiger partial charge in [0.2, 0.25) is 12.4 Å². The Morgan fingerprint density at radius 3 is 2.54 bits per heavy atom. The van der Waals surface area contributed by atoms with Gasteiger partial charge in [-0.15, -0.1) is 0 Å². The van der Waals surface area contributed by atoms with Crippen LogP contribution in [0.25, 0.3) is 0 Å². The summed E-state index contributed by atoms with van der Waals surface area (Å²) in [6, 6.07) is 5.11. The Labute approximate surface area is 138 Å². The summed E-state index contributed by atoms with van der Waals surface area (Å²) in [6.07, 6.45) is 0.840. The van der Waals surface area contributed by atoms with E-state index in [9.17, 15) is 13.6 Å². The minimum atomic E-state index is -0.707. The van der Waals surface area contributed by atoms with Crippen LogP contribution in [0.3, 0.4) is 0 Å².